The quantitative estimate of drug-likeness (QED) is 0.433. The van der Waals surface area contributed by atoms with Gasteiger partial charge >= 0.3 is 5.97 Å². The third kappa shape index (κ3) is 5.73. The highest BCUT2D eigenvalue weighted by atomic mass is 16.5. The Labute approximate surface area is 206 Å². The first-order chi connectivity index (χ1) is 17.0. The summed E-state index contributed by atoms with van der Waals surface area (Å²) in [5.41, 5.74) is 3.46. The molecule has 2 heterocycles. The zero-order valence-corrected chi connectivity index (χ0v) is 20.6. The number of piperidine rings is 1. The van der Waals surface area contributed by atoms with Gasteiger partial charge in [0.25, 0.3) is 5.91 Å². The maximum absolute atomic E-state index is 13.0. The van der Waals surface area contributed by atoms with Gasteiger partial charge in [0.05, 0.1) is 18.3 Å². The van der Waals surface area contributed by atoms with E-state index in [1.54, 1.807) is 13.8 Å². The number of nitrogens with zero attached hydrogens (tertiary/aromatic N) is 3. The zero-order chi connectivity index (χ0) is 24.8. The number of ether oxygens (including phenoxy) is 2. The minimum atomic E-state index is -0.554. The first-order valence-electron chi connectivity index (χ1n) is 12.4. The van der Waals surface area contributed by atoms with Crippen LogP contribution < -0.4 is 4.74 Å². The van der Waals surface area contributed by atoms with Crippen molar-refractivity contribution < 1.29 is 19.1 Å². The normalized spacial score (nSPS) is 15.0. The molecule has 1 aromatic heterocycles. The van der Waals surface area contributed by atoms with Gasteiger partial charge < -0.3 is 14.4 Å². The van der Waals surface area contributed by atoms with E-state index in [1.807, 2.05) is 46.0 Å². The Morgan fingerprint density at radius 3 is 2.34 bits per heavy atom. The lowest BCUT2D eigenvalue weighted by atomic mass is 10.0. The molecule has 0 aliphatic carbocycles. The largest absolute Gasteiger partial charge is 0.481 e. The molecule has 0 radical (unpaired) electrons. The molecule has 3 aromatic rings. The third-order valence-electron chi connectivity index (χ3n) is 6.40. The number of esters is 1. The van der Waals surface area contributed by atoms with E-state index in [-0.39, 0.29) is 11.9 Å². The summed E-state index contributed by atoms with van der Waals surface area (Å²) >= 11 is 0. The summed E-state index contributed by atoms with van der Waals surface area (Å²) in [5.74, 6) is 0.248. The molecule has 1 atom stereocenters. The van der Waals surface area contributed by atoms with Crippen molar-refractivity contribution in [2.45, 2.75) is 52.2 Å². The summed E-state index contributed by atoms with van der Waals surface area (Å²) in [4.78, 5) is 27.3. The average Bonchev–Trinajstić information content (AvgIpc) is 3.35. The molecule has 1 aliphatic rings. The van der Waals surface area contributed by atoms with Gasteiger partial charge in [-0.25, -0.2) is 4.79 Å². The van der Waals surface area contributed by atoms with Gasteiger partial charge in [-0.2, -0.15) is 5.10 Å². The summed E-state index contributed by atoms with van der Waals surface area (Å²) < 4.78 is 13.0. The van der Waals surface area contributed by atoms with Crippen molar-refractivity contribution in [3.8, 4) is 17.0 Å². The van der Waals surface area contributed by atoms with Gasteiger partial charge in [0, 0.05) is 13.1 Å². The second-order valence-corrected chi connectivity index (χ2v) is 8.76. The minimum absolute atomic E-state index is 0.0182. The zero-order valence-electron chi connectivity index (χ0n) is 20.6. The van der Waals surface area contributed by atoms with Crippen LogP contribution in [0.4, 0.5) is 0 Å². The molecule has 1 amide bonds. The van der Waals surface area contributed by atoms with E-state index < -0.39 is 12.1 Å². The van der Waals surface area contributed by atoms with Crippen molar-refractivity contribution in [3.63, 3.8) is 0 Å². The molecule has 1 fully saturated rings. The van der Waals surface area contributed by atoms with Crippen molar-refractivity contribution in [1.82, 2.24) is 14.7 Å². The summed E-state index contributed by atoms with van der Waals surface area (Å²) in [5, 5.41) is 4.65. The molecule has 35 heavy (non-hydrogen) atoms. The van der Waals surface area contributed by atoms with E-state index in [2.05, 4.69) is 36.3 Å². The number of hydrogen-bond donors (Lipinski definition) is 0. The molecule has 1 aliphatic heterocycles. The highest BCUT2D eigenvalue weighted by Gasteiger charge is 2.30. The number of likely N-dealkylation sites (tertiary alicyclic amines) is 1. The summed E-state index contributed by atoms with van der Waals surface area (Å²) in [6.07, 6.45) is 1.90. The number of para-hydroxylation sites is 1. The number of aromatic nitrogens is 2. The van der Waals surface area contributed by atoms with Crippen molar-refractivity contribution in [1.29, 1.82) is 0 Å². The number of amides is 1. The van der Waals surface area contributed by atoms with E-state index in [0.29, 0.717) is 31.1 Å². The fourth-order valence-electron chi connectivity index (χ4n) is 4.45. The predicted molar refractivity (Wildman–Crippen MR) is 134 cm³/mol. The van der Waals surface area contributed by atoms with Crippen LogP contribution in [0, 0.1) is 0 Å². The SMILES string of the molecule is CCOC(=O)c1cc(-c2ccc(CC)cc2)n(C2CCN(C(=O)[C@H](C)Oc3ccccc3)CC2)n1. The van der Waals surface area contributed by atoms with Gasteiger partial charge in [0.15, 0.2) is 11.8 Å². The van der Waals surface area contributed by atoms with Crippen molar-refractivity contribution >= 4 is 11.9 Å². The minimum Gasteiger partial charge on any atom is -0.481 e. The fourth-order valence-corrected chi connectivity index (χ4v) is 4.45. The van der Waals surface area contributed by atoms with Crippen LogP contribution >= 0.6 is 0 Å². The van der Waals surface area contributed by atoms with E-state index in [1.165, 1.54) is 5.56 Å². The van der Waals surface area contributed by atoms with Gasteiger partial charge in [-0.05, 0) is 62.4 Å². The number of rotatable bonds is 8. The second kappa shape index (κ2) is 11.2. The molecular weight excluding hydrogens is 442 g/mol. The molecule has 0 saturated carbocycles. The van der Waals surface area contributed by atoms with Crippen LogP contribution in [0.1, 0.15) is 55.7 Å². The Balaban J connectivity index is 1.48. The summed E-state index contributed by atoms with van der Waals surface area (Å²) in [6, 6.07) is 19.6. The average molecular weight is 476 g/mol. The number of hydrogen-bond acceptors (Lipinski definition) is 5. The molecule has 0 bridgehead atoms. The van der Waals surface area contributed by atoms with Gasteiger partial charge in [-0.1, -0.05) is 49.4 Å². The van der Waals surface area contributed by atoms with Crippen molar-refractivity contribution in [2.24, 2.45) is 0 Å². The van der Waals surface area contributed by atoms with Crippen LogP contribution in [0.3, 0.4) is 0 Å². The van der Waals surface area contributed by atoms with E-state index in [9.17, 15) is 9.59 Å². The molecule has 7 heteroatoms. The molecule has 0 N–H and O–H groups in total. The molecule has 0 spiro atoms. The van der Waals surface area contributed by atoms with Crippen LogP contribution in [0.25, 0.3) is 11.3 Å². The lowest BCUT2D eigenvalue weighted by Gasteiger charge is -2.34. The summed E-state index contributed by atoms with van der Waals surface area (Å²) in [7, 11) is 0. The van der Waals surface area contributed by atoms with Gasteiger partial charge in [-0.3, -0.25) is 9.48 Å². The molecule has 1 saturated heterocycles. The maximum atomic E-state index is 13.0. The lowest BCUT2D eigenvalue weighted by molar-refractivity contribution is -0.139. The molecule has 7 nitrogen and oxygen atoms in total. The second-order valence-electron chi connectivity index (χ2n) is 8.76. The Kier molecular flexibility index (Phi) is 7.85. The first kappa shape index (κ1) is 24.5. The number of carbonyl (C=O) groups is 2. The van der Waals surface area contributed by atoms with Crippen LogP contribution in [0.15, 0.2) is 60.7 Å². The lowest BCUT2D eigenvalue weighted by Crippen LogP contribution is -2.45. The van der Waals surface area contributed by atoms with Crippen LogP contribution in [0.2, 0.25) is 0 Å². The van der Waals surface area contributed by atoms with Crippen LogP contribution in [0.5, 0.6) is 5.75 Å². The number of benzene rings is 2. The van der Waals surface area contributed by atoms with Gasteiger partial charge in [-0.15, -0.1) is 0 Å². The maximum Gasteiger partial charge on any atom is 0.358 e. The van der Waals surface area contributed by atoms with E-state index >= 15 is 0 Å². The standard InChI is InChI=1S/C28H33N3O4/c1-4-21-11-13-22(14-12-21)26-19-25(28(33)34-5-2)29-31(26)23-15-17-30(18-16-23)27(32)20(3)35-24-9-7-6-8-10-24/h6-14,19-20,23H,4-5,15-18H2,1-3H3/t20-/m0/s1. The van der Waals surface area contributed by atoms with Crippen molar-refractivity contribution in [2.75, 3.05) is 19.7 Å². The number of aryl methyl sites for hydroxylation is 1. The molecule has 4 rings (SSSR count). The Hall–Kier alpha value is -3.61. The number of carbonyl (C=O) groups excluding carboxylic acids is 2. The molecule has 184 valence electrons. The van der Waals surface area contributed by atoms with E-state index in [4.69, 9.17) is 9.47 Å². The van der Waals surface area contributed by atoms with Crippen LogP contribution in [-0.4, -0.2) is 52.4 Å². The Morgan fingerprint density at radius 1 is 1.03 bits per heavy atom. The highest BCUT2D eigenvalue weighted by Crippen LogP contribution is 2.30. The van der Waals surface area contributed by atoms with Crippen LogP contribution in [-0.2, 0) is 16.0 Å². The first-order valence-corrected chi connectivity index (χ1v) is 12.4. The van der Waals surface area contributed by atoms with Gasteiger partial charge in [0.1, 0.15) is 5.75 Å². The fraction of sp³-hybridized carbons (Fsp3) is 0.393. The van der Waals surface area contributed by atoms with Crippen molar-refractivity contribution in [3.05, 3.63) is 71.9 Å². The molecule has 2 aromatic carbocycles. The molecule has 0 unspecified atom stereocenters. The monoisotopic (exact) mass is 475 g/mol. The smallest absolute Gasteiger partial charge is 0.358 e. The topological polar surface area (TPSA) is 73.7 Å². The Morgan fingerprint density at radius 2 is 1.71 bits per heavy atom. The summed E-state index contributed by atoms with van der Waals surface area (Å²) in [6.45, 7) is 7.21. The Bertz CT molecular complexity index is 1130. The molecular formula is C28H33N3O4. The predicted octanol–water partition coefficient (Wildman–Crippen LogP) is 4.92. The van der Waals surface area contributed by atoms with Gasteiger partial charge in [0.2, 0.25) is 0 Å². The highest BCUT2D eigenvalue weighted by molar-refractivity contribution is 5.88. The third-order valence-corrected chi connectivity index (χ3v) is 6.40. The van der Waals surface area contributed by atoms with E-state index in [0.717, 1.165) is 30.5 Å².